The van der Waals surface area contributed by atoms with E-state index in [0.29, 0.717) is 5.92 Å². The van der Waals surface area contributed by atoms with E-state index in [1.54, 1.807) is 0 Å². The van der Waals surface area contributed by atoms with Gasteiger partial charge in [0.2, 0.25) is 0 Å². The quantitative estimate of drug-likeness (QED) is 0.697. The van der Waals surface area contributed by atoms with Crippen LogP contribution in [0.2, 0.25) is 0 Å². The molecule has 0 unspecified atom stereocenters. The van der Waals surface area contributed by atoms with Crippen molar-refractivity contribution in [1.82, 2.24) is 0 Å². The van der Waals surface area contributed by atoms with Crippen molar-refractivity contribution in [3.05, 3.63) is 35.9 Å². The molecule has 1 aromatic carbocycles. The van der Waals surface area contributed by atoms with Gasteiger partial charge >= 0.3 is 0 Å². The lowest BCUT2D eigenvalue weighted by Crippen LogP contribution is -2.16. The molecule has 2 rings (SSSR count). The van der Waals surface area contributed by atoms with Gasteiger partial charge in [0.1, 0.15) is 0 Å². The second-order valence-electron chi connectivity index (χ2n) is 3.92. The molecule has 1 saturated carbocycles. The Morgan fingerprint density at radius 1 is 0.923 bits per heavy atom. The van der Waals surface area contributed by atoms with E-state index in [1.807, 2.05) is 0 Å². The Hall–Kier alpha value is -0.820. The van der Waals surface area contributed by atoms with E-state index >= 15 is 0 Å². The third-order valence-electron chi connectivity index (χ3n) is 2.97. The van der Waals surface area contributed by atoms with Gasteiger partial charge < -0.3 is 5.11 Å². The summed E-state index contributed by atoms with van der Waals surface area (Å²) in [6.07, 6.45) is 4.19. The van der Waals surface area contributed by atoms with Gasteiger partial charge in [0.15, 0.2) is 0 Å². The van der Waals surface area contributed by atoms with E-state index in [9.17, 15) is 5.11 Å². The number of aliphatic hydroxyl groups is 1. The molecule has 1 fully saturated rings. The Kier molecular flexibility index (Phi) is 2.65. The van der Waals surface area contributed by atoms with Gasteiger partial charge in [-0.05, 0) is 37.2 Å². The topological polar surface area (TPSA) is 20.2 Å². The van der Waals surface area contributed by atoms with Crippen LogP contribution in [0.1, 0.15) is 37.2 Å². The molecule has 1 heteroatoms. The van der Waals surface area contributed by atoms with Crippen LogP contribution in [0.3, 0.4) is 0 Å². The van der Waals surface area contributed by atoms with Gasteiger partial charge in [-0.25, -0.2) is 0 Å². The average molecular weight is 176 g/mol. The summed E-state index contributed by atoms with van der Waals surface area (Å²) < 4.78 is 0. The Morgan fingerprint density at radius 3 is 2.15 bits per heavy atom. The molecule has 0 bridgehead atoms. The van der Waals surface area contributed by atoms with Crippen molar-refractivity contribution in [2.24, 2.45) is 0 Å². The third kappa shape index (κ3) is 2.10. The molecule has 0 radical (unpaired) electrons. The molecular weight excluding hydrogens is 160 g/mol. The van der Waals surface area contributed by atoms with Crippen molar-refractivity contribution in [3.8, 4) is 0 Å². The second kappa shape index (κ2) is 3.93. The summed E-state index contributed by atoms with van der Waals surface area (Å²) in [5, 5.41) is 9.37. The minimum absolute atomic E-state index is 0.0417. The zero-order chi connectivity index (χ0) is 9.10. The highest BCUT2D eigenvalue weighted by atomic mass is 16.3. The summed E-state index contributed by atoms with van der Waals surface area (Å²) in [6.45, 7) is 0. The molecule has 13 heavy (non-hydrogen) atoms. The highest BCUT2D eigenvalue weighted by molar-refractivity contribution is 5.19. The van der Waals surface area contributed by atoms with E-state index in [-0.39, 0.29) is 6.10 Å². The smallest absolute Gasteiger partial charge is 0.0540 e. The predicted molar refractivity (Wildman–Crippen MR) is 53.7 cm³/mol. The van der Waals surface area contributed by atoms with Crippen LogP contribution < -0.4 is 0 Å². The molecule has 0 heterocycles. The summed E-state index contributed by atoms with van der Waals surface area (Å²) in [7, 11) is 0. The van der Waals surface area contributed by atoms with Gasteiger partial charge in [-0.15, -0.1) is 0 Å². The lowest BCUT2D eigenvalue weighted by atomic mass is 9.83. The van der Waals surface area contributed by atoms with Crippen LogP contribution in [0, 0.1) is 0 Å². The minimum Gasteiger partial charge on any atom is -0.393 e. The third-order valence-corrected chi connectivity index (χ3v) is 2.97. The largest absolute Gasteiger partial charge is 0.393 e. The highest BCUT2D eigenvalue weighted by Crippen LogP contribution is 2.32. The molecule has 0 aliphatic heterocycles. The summed E-state index contributed by atoms with van der Waals surface area (Å²) in [5.41, 5.74) is 1.44. The maximum atomic E-state index is 9.37. The van der Waals surface area contributed by atoms with Crippen molar-refractivity contribution < 1.29 is 5.11 Å². The summed E-state index contributed by atoms with van der Waals surface area (Å²) >= 11 is 0. The van der Waals surface area contributed by atoms with Gasteiger partial charge in [0.25, 0.3) is 0 Å². The summed E-state index contributed by atoms with van der Waals surface area (Å²) in [5.74, 6) is 0.685. The fourth-order valence-electron chi connectivity index (χ4n) is 2.13. The molecule has 70 valence electrons. The maximum absolute atomic E-state index is 9.37. The number of benzene rings is 1. The minimum atomic E-state index is -0.0417. The zero-order valence-corrected chi connectivity index (χ0v) is 7.82. The van der Waals surface area contributed by atoms with Crippen LogP contribution in [0.25, 0.3) is 0 Å². The molecule has 0 amide bonds. The highest BCUT2D eigenvalue weighted by Gasteiger charge is 2.19. The summed E-state index contributed by atoms with van der Waals surface area (Å²) in [4.78, 5) is 0. The monoisotopic (exact) mass is 176 g/mol. The average Bonchev–Trinajstić information content (AvgIpc) is 2.20. The van der Waals surface area contributed by atoms with Crippen molar-refractivity contribution >= 4 is 0 Å². The van der Waals surface area contributed by atoms with E-state index in [2.05, 4.69) is 30.3 Å². The van der Waals surface area contributed by atoms with Crippen LogP contribution >= 0.6 is 0 Å². The molecule has 1 nitrogen and oxygen atoms in total. The number of hydrogen-bond donors (Lipinski definition) is 1. The van der Waals surface area contributed by atoms with Crippen LogP contribution in [0.4, 0.5) is 0 Å². The van der Waals surface area contributed by atoms with Gasteiger partial charge in [-0.2, -0.15) is 0 Å². The fraction of sp³-hybridized carbons (Fsp3) is 0.500. The van der Waals surface area contributed by atoms with Crippen LogP contribution in [0.15, 0.2) is 30.3 Å². The fourth-order valence-corrected chi connectivity index (χ4v) is 2.13. The van der Waals surface area contributed by atoms with E-state index in [1.165, 1.54) is 5.56 Å². The van der Waals surface area contributed by atoms with E-state index in [0.717, 1.165) is 25.7 Å². The number of hydrogen-bond acceptors (Lipinski definition) is 1. The molecule has 1 aliphatic rings. The Morgan fingerprint density at radius 2 is 1.54 bits per heavy atom. The first-order valence-corrected chi connectivity index (χ1v) is 5.09. The van der Waals surface area contributed by atoms with E-state index < -0.39 is 0 Å². The van der Waals surface area contributed by atoms with Crippen molar-refractivity contribution in [2.45, 2.75) is 37.7 Å². The molecule has 0 atom stereocenters. The van der Waals surface area contributed by atoms with Crippen LogP contribution in [-0.2, 0) is 0 Å². The van der Waals surface area contributed by atoms with Crippen molar-refractivity contribution in [2.75, 3.05) is 0 Å². The first kappa shape index (κ1) is 8.76. The molecule has 1 aliphatic carbocycles. The van der Waals surface area contributed by atoms with Crippen molar-refractivity contribution in [3.63, 3.8) is 0 Å². The summed E-state index contributed by atoms with van der Waals surface area (Å²) in [6, 6.07) is 10.6. The molecule has 0 aromatic heterocycles. The molecular formula is C12H16O. The number of aliphatic hydroxyl groups excluding tert-OH is 1. The molecule has 0 spiro atoms. The van der Waals surface area contributed by atoms with Gasteiger partial charge in [-0.3, -0.25) is 0 Å². The van der Waals surface area contributed by atoms with Crippen LogP contribution in [-0.4, -0.2) is 11.2 Å². The van der Waals surface area contributed by atoms with Crippen LogP contribution in [0.5, 0.6) is 0 Å². The lowest BCUT2D eigenvalue weighted by Gasteiger charge is -2.25. The first-order valence-electron chi connectivity index (χ1n) is 5.09. The van der Waals surface area contributed by atoms with Gasteiger partial charge in [0.05, 0.1) is 6.10 Å². The Labute approximate surface area is 79.4 Å². The van der Waals surface area contributed by atoms with Gasteiger partial charge in [0, 0.05) is 0 Å². The Balaban J connectivity index is 2.03. The normalized spacial score (nSPS) is 28.7. The first-order chi connectivity index (χ1) is 6.36. The predicted octanol–water partition coefficient (Wildman–Crippen LogP) is 2.71. The van der Waals surface area contributed by atoms with E-state index in [4.69, 9.17) is 0 Å². The second-order valence-corrected chi connectivity index (χ2v) is 3.92. The molecule has 1 aromatic rings. The van der Waals surface area contributed by atoms with Crippen molar-refractivity contribution in [1.29, 1.82) is 0 Å². The molecule has 0 saturated heterocycles. The standard InChI is InChI=1S/C12H16O/c13-12-8-6-11(7-9-12)10-4-2-1-3-5-10/h1-5,11-13H,6-9H2/t11-,12+. The lowest BCUT2D eigenvalue weighted by molar-refractivity contribution is 0.122. The number of rotatable bonds is 1. The zero-order valence-electron chi connectivity index (χ0n) is 7.82. The molecule has 1 N–H and O–H groups in total. The maximum Gasteiger partial charge on any atom is 0.0540 e. The van der Waals surface area contributed by atoms with Gasteiger partial charge in [-0.1, -0.05) is 30.3 Å². The Bertz CT molecular complexity index is 247. The SMILES string of the molecule is O[C@H]1CC[C@@H](c2ccccc2)CC1.